The van der Waals surface area contributed by atoms with Crippen LogP contribution in [-0.4, -0.2) is 46.3 Å². The van der Waals surface area contributed by atoms with Crippen LogP contribution in [0.2, 0.25) is 0 Å². The van der Waals surface area contributed by atoms with Gasteiger partial charge in [0.1, 0.15) is 5.69 Å². The summed E-state index contributed by atoms with van der Waals surface area (Å²) in [5.74, 6) is -1.68. The van der Waals surface area contributed by atoms with Gasteiger partial charge in [0, 0.05) is 31.9 Å². The first-order valence-electron chi connectivity index (χ1n) is 7.09. The first kappa shape index (κ1) is 17.4. The summed E-state index contributed by atoms with van der Waals surface area (Å²) in [6.45, 7) is 3.88. The summed E-state index contributed by atoms with van der Waals surface area (Å²) < 4.78 is 28.6. The van der Waals surface area contributed by atoms with E-state index in [1.54, 1.807) is 4.90 Å². The van der Waals surface area contributed by atoms with Crippen LogP contribution in [0.1, 0.15) is 17.4 Å². The number of amides is 1. The van der Waals surface area contributed by atoms with Gasteiger partial charge in [0.2, 0.25) is 0 Å². The second kappa shape index (κ2) is 7.06. The molecule has 1 aromatic carbocycles. The Bertz CT molecular complexity index is 686. The quantitative estimate of drug-likeness (QED) is 0.908. The number of para-hydroxylation sites is 1. The lowest BCUT2D eigenvalue weighted by atomic mass is 10.2. The van der Waals surface area contributed by atoms with E-state index in [1.165, 1.54) is 18.3 Å². The van der Waals surface area contributed by atoms with Crippen LogP contribution in [-0.2, 0) is 0 Å². The number of carbonyl (C=O) groups excluding carboxylic acids is 1. The molecular formula is C15H17ClF2N4O. The second-order valence-corrected chi connectivity index (χ2v) is 5.32. The highest BCUT2D eigenvalue weighted by molar-refractivity contribution is 5.92. The molecule has 23 heavy (non-hydrogen) atoms. The summed E-state index contributed by atoms with van der Waals surface area (Å²) in [6, 6.07) is 5.27. The van der Waals surface area contributed by atoms with Crippen LogP contribution in [0.3, 0.4) is 0 Å². The van der Waals surface area contributed by atoms with Gasteiger partial charge in [-0.2, -0.15) is 5.10 Å². The minimum atomic E-state index is -0.724. The Morgan fingerprint density at radius 3 is 2.65 bits per heavy atom. The van der Waals surface area contributed by atoms with Crippen molar-refractivity contribution in [2.45, 2.75) is 13.0 Å². The standard InChI is InChI=1S/C15H16F2N4O.ClH/c1-10-9-20(8-6-18-10)15(22)13-5-7-21(19-13)14-11(16)3-2-4-12(14)17;/h2-5,7,10,18H,6,8-9H2,1H3;1H. The molecule has 0 aliphatic carbocycles. The van der Waals surface area contributed by atoms with Gasteiger partial charge in [0.25, 0.3) is 5.91 Å². The smallest absolute Gasteiger partial charge is 0.274 e. The van der Waals surface area contributed by atoms with Crippen molar-refractivity contribution in [2.24, 2.45) is 0 Å². The monoisotopic (exact) mass is 342 g/mol. The van der Waals surface area contributed by atoms with Gasteiger partial charge in [-0.25, -0.2) is 13.5 Å². The molecule has 8 heteroatoms. The number of piperazine rings is 1. The van der Waals surface area contributed by atoms with Gasteiger partial charge in [-0.3, -0.25) is 4.79 Å². The van der Waals surface area contributed by atoms with Crippen LogP contribution in [0, 0.1) is 11.6 Å². The Hall–Kier alpha value is -1.99. The summed E-state index contributed by atoms with van der Waals surface area (Å²) in [5.41, 5.74) is -0.105. The number of hydrogen-bond donors (Lipinski definition) is 1. The Morgan fingerprint density at radius 1 is 1.30 bits per heavy atom. The molecule has 0 saturated carbocycles. The molecule has 1 fully saturated rings. The Kier molecular flexibility index (Phi) is 5.33. The van der Waals surface area contributed by atoms with E-state index in [-0.39, 0.29) is 35.7 Å². The average Bonchev–Trinajstić information content (AvgIpc) is 2.96. The number of halogens is 3. The van der Waals surface area contributed by atoms with Crippen LogP contribution in [0.4, 0.5) is 8.78 Å². The van der Waals surface area contributed by atoms with Crippen molar-refractivity contribution in [3.05, 3.63) is 47.8 Å². The fourth-order valence-corrected chi connectivity index (χ4v) is 2.55. The average molecular weight is 343 g/mol. The molecule has 2 aromatic rings. The molecule has 0 radical (unpaired) electrons. The number of hydrogen-bond acceptors (Lipinski definition) is 3. The van der Waals surface area contributed by atoms with E-state index >= 15 is 0 Å². The molecule has 1 aliphatic rings. The fourth-order valence-electron chi connectivity index (χ4n) is 2.55. The number of nitrogens with one attached hydrogen (secondary N) is 1. The van der Waals surface area contributed by atoms with Crippen LogP contribution >= 0.6 is 12.4 Å². The fraction of sp³-hybridized carbons (Fsp3) is 0.333. The summed E-state index contributed by atoms with van der Waals surface area (Å²) in [6.07, 6.45) is 1.39. The summed E-state index contributed by atoms with van der Waals surface area (Å²) in [7, 11) is 0. The normalized spacial score (nSPS) is 17.7. The predicted molar refractivity (Wildman–Crippen MR) is 84.1 cm³/mol. The minimum absolute atomic E-state index is 0. The number of carbonyl (C=O) groups is 1. The van der Waals surface area contributed by atoms with E-state index in [2.05, 4.69) is 10.4 Å². The molecule has 5 nitrogen and oxygen atoms in total. The molecule has 1 amide bonds. The Balaban J connectivity index is 0.00000192. The first-order valence-corrected chi connectivity index (χ1v) is 7.09. The summed E-state index contributed by atoms with van der Waals surface area (Å²) in [5, 5.41) is 7.27. The Morgan fingerprint density at radius 2 is 2.00 bits per heavy atom. The topological polar surface area (TPSA) is 50.2 Å². The molecule has 1 unspecified atom stereocenters. The van der Waals surface area contributed by atoms with Crippen LogP contribution in [0.5, 0.6) is 0 Å². The SMILES string of the molecule is CC1CN(C(=O)c2ccn(-c3c(F)cccc3F)n2)CCN1.Cl. The Labute approximate surface area is 138 Å². The van der Waals surface area contributed by atoms with E-state index in [1.807, 2.05) is 6.92 Å². The molecule has 1 N–H and O–H groups in total. The third-order valence-corrected chi connectivity index (χ3v) is 3.63. The highest BCUT2D eigenvalue weighted by atomic mass is 35.5. The first-order chi connectivity index (χ1) is 10.6. The third-order valence-electron chi connectivity index (χ3n) is 3.63. The maximum absolute atomic E-state index is 13.7. The van der Waals surface area contributed by atoms with Gasteiger partial charge < -0.3 is 10.2 Å². The van der Waals surface area contributed by atoms with E-state index in [4.69, 9.17) is 0 Å². The molecule has 2 heterocycles. The number of nitrogens with zero attached hydrogens (tertiary/aromatic N) is 3. The lowest BCUT2D eigenvalue weighted by Crippen LogP contribution is -2.51. The minimum Gasteiger partial charge on any atom is -0.334 e. The molecule has 3 rings (SSSR count). The molecule has 0 spiro atoms. The summed E-state index contributed by atoms with van der Waals surface area (Å²) >= 11 is 0. The second-order valence-electron chi connectivity index (χ2n) is 5.32. The van der Waals surface area contributed by atoms with Gasteiger partial charge in [-0.05, 0) is 25.1 Å². The van der Waals surface area contributed by atoms with Crippen LogP contribution in [0.25, 0.3) is 5.69 Å². The van der Waals surface area contributed by atoms with Crippen molar-refractivity contribution in [2.75, 3.05) is 19.6 Å². The van der Waals surface area contributed by atoms with E-state index in [0.717, 1.165) is 23.4 Å². The van der Waals surface area contributed by atoms with E-state index in [9.17, 15) is 13.6 Å². The maximum Gasteiger partial charge on any atom is 0.274 e. The van der Waals surface area contributed by atoms with Crippen molar-refractivity contribution >= 4 is 18.3 Å². The number of rotatable bonds is 2. The van der Waals surface area contributed by atoms with Crippen molar-refractivity contribution in [3.63, 3.8) is 0 Å². The van der Waals surface area contributed by atoms with Crippen molar-refractivity contribution in [3.8, 4) is 5.69 Å². The molecule has 124 valence electrons. The molecule has 1 aromatic heterocycles. The van der Waals surface area contributed by atoms with E-state index < -0.39 is 11.6 Å². The van der Waals surface area contributed by atoms with E-state index in [0.29, 0.717) is 13.1 Å². The predicted octanol–water partition coefficient (Wildman–Crippen LogP) is 2.01. The molecule has 0 bridgehead atoms. The van der Waals surface area contributed by atoms with Crippen LogP contribution < -0.4 is 5.32 Å². The number of benzene rings is 1. The number of aromatic nitrogens is 2. The molecule has 1 aliphatic heterocycles. The maximum atomic E-state index is 13.7. The third kappa shape index (κ3) is 3.51. The van der Waals surface area contributed by atoms with Gasteiger partial charge >= 0.3 is 0 Å². The largest absolute Gasteiger partial charge is 0.334 e. The van der Waals surface area contributed by atoms with Crippen molar-refractivity contribution in [1.82, 2.24) is 20.0 Å². The highest BCUT2D eigenvalue weighted by Crippen LogP contribution is 2.17. The molecular weight excluding hydrogens is 326 g/mol. The zero-order chi connectivity index (χ0) is 15.7. The van der Waals surface area contributed by atoms with Gasteiger partial charge in [-0.1, -0.05) is 6.07 Å². The zero-order valence-electron chi connectivity index (χ0n) is 12.5. The summed E-state index contributed by atoms with van der Waals surface area (Å²) in [4.78, 5) is 14.1. The molecule has 1 atom stereocenters. The zero-order valence-corrected chi connectivity index (χ0v) is 13.3. The van der Waals surface area contributed by atoms with Crippen LogP contribution in [0.15, 0.2) is 30.5 Å². The van der Waals surface area contributed by atoms with Gasteiger partial charge in [0.15, 0.2) is 17.3 Å². The molecule has 1 saturated heterocycles. The van der Waals surface area contributed by atoms with Gasteiger partial charge in [-0.15, -0.1) is 12.4 Å². The van der Waals surface area contributed by atoms with Gasteiger partial charge in [0.05, 0.1) is 0 Å². The lowest BCUT2D eigenvalue weighted by Gasteiger charge is -2.31. The highest BCUT2D eigenvalue weighted by Gasteiger charge is 2.24. The lowest BCUT2D eigenvalue weighted by molar-refractivity contribution is 0.0702. The van der Waals surface area contributed by atoms with Crippen molar-refractivity contribution < 1.29 is 13.6 Å². The van der Waals surface area contributed by atoms with Crippen molar-refractivity contribution in [1.29, 1.82) is 0 Å².